The van der Waals surface area contributed by atoms with Gasteiger partial charge in [0.25, 0.3) is 0 Å². The van der Waals surface area contributed by atoms with Gasteiger partial charge in [-0.25, -0.2) is 4.79 Å². The molecule has 4 rings (SSSR count). The highest BCUT2D eigenvalue weighted by atomic mass is 16.6. The molecule has 1 aliphatic rings. The van der Waals surface area contributed by atoms with E-state index in [2.05, 4.69) is 59.6 Å². The zero-order chi connectivity index (χ0) is 23.9. The van der Waals surface area contributed by atoms with Crippen LogP contribution in [0.3, 0.4) is 0 Å². The molecule has 3 aromatic rings. The number of ether oxygens (including phenoxy) is 1. The van der Waals surface area contributed by atoms with Crippen LogP contribution in [0.4, 0.5) is 4.79 Å². The second-order valence-electron chi connectivity index (χ2n) is 9.15. The molecule has 1 fully saturated rings. The number of fused-ring (bicyclic) bond motifs is 1. The van der Waals surface area contributed by atoms with Gasteiger partial charge in [-0.2, -0.15) is 0 Å². The van der Waals surface area contributed by atoms with E-state index in [1.807, 2.05) is 36.4 Å². The van der Waals surface area contributed by atoms with Gasteiger partial charge < -0.3 is 14.5 Å². The predicted octanol–water partition coefficient (Wildman–Crippen LogP) is 4.81. The van der Waals surface area contributed by atoms with Gasteiger partial charge in [0.2, 0.25) is 0 Å². The summed E-state index contributed by atoms with van der Waals surface area (Å²) in [5.74, 6) is 0.931. The number of aromatic nitrogens is 1. The molecule has 1 saturated heterocycles. The third kappa shape index (κ3) is 6.01. The van der Waals surface area contributed by atoms with E-state index in [1.165, 1.54) is 5.56 Å². The van der Waals surface area contributed by atoms with Crippen molar-refractivity contribution in [2.24, 2.45) is 5.92 Å². The van der Waals surface area contributed by atoms with Crippen LogP contribution in [0.15, 0.2) is 73.4 Å². The molecule has 0 bridgehead atoms. The second-order valence-corrected chi connectivity index (χ2v) is 9.15. The molecule has 1 aliphatic heterocycles. The van der Waals surface area contributed by atoms with Gasteiger partial charge in [0.05, 0.1) is 0 Å². The summed E-state index contributed by atoms with van der Waals surface area (Å²) in [7, 11) is 2.10. The molecule has 178 valence electrons. The van der Waals surface area contributed by atoms with Crippen molar-refractivity contribution < 1.29 is 9.53 Å². The Morgan fingerprint density at radius 3 is 2.62 bits per heavy atom. The Labute approximate surface area is 202 Å². The summed E-state index contributed by atoms with van der Waals surface area (Å²) < 4.78 is 5.84. The number of benzene rings is 2. The number of carbonyl (C=O) groups excluding carboxylic acids is 1. The van der Waals surface area contributed by atoms with Crippen molar-refractivity contribution in [3.05, 3.63) is 84.6 Å². The van der Waals surface area contributed by atoms with Crippen molar-refractivity contribution in [1.29, 1.82) is 0 Å². The van der Waals surface area contributed by atoms with Crippen molar-refractivity contribution in [1.82, 2.24) is 19.7 Å². The molecule has 6 nitrogen and oxygen atoms in total. The van der Waals surface area contributed by atoms with Crippen molar-refractivity contribution in [2.45, 2.75) is 20.0 Å². The van der Waals surface area contributed by atoms with Crippen LogP contribution in [-0.4, -0.2) is 65.5 Å². The molecule has 0 radical (unpaired) electrons. The largest absolute Gasteiger partial charge is 0.415 e. The molecule has 0 aliphatic carbocycles. The Morgan fingerprint density at radius 2 is 1.88 bits per heavy atom. The van der Waals surface area contributed by atoms with Crippen molar-refractivity contribution in [3.8, 4) is 5.75 Å². The maximum Gasteiger partial charge on any atom is 0.415 e. The summed E-state index contributed by atoms with van der Waals surface area (Å²) in [6.07, 6.45) is 3.41. The Kier molecular flexibility index (Phi) is 7.93. The van der Waals surface area contributed by atoms with Gasteiger partial charge in [0.1, 0.15) is 5.52 Å². The lowest BCUT2D eigenvalue weighted by molar-refractivity contribution is 0.108. The number of nitrogens with zero attached hydrogens (tertiary/aromatic N) is 4. The zero-order valence-corrected chi connectivity index (χ0v) is 20.2. The van der Waals surface area contributed by atoms with Crippen LogP contribution in [0.5, 0.6) is 5.75 Å². The van der Waals surface area contributed by atoms with Gasteiger partial charge in [-0.15, -0.1) is 6.58 Å². The lowest BCUT2D eigenvalue weighted by atomic mass is 10.1. The fourth-order valence-electron chi connectivity index (χ4n) is 4.44. The highest BCUT2D eigenvalue weighted by Crippen LogP contribution is 2.28. The number of piperazine rings is 1. The Hall–Kier alpha value is -3.22. The van der Waals surface area contributed by atoms with E-state index in [9.17, 15) is 4.79 Å². The topological polar surface area (TPSA) is 48.9 Å². The third-order valence-corrected chi connectivity index (χ3v) is 6.34. The average molecular weight is 459 g/mol. The van der Waals surface area contributed by atoms with E-state index in [0.29, 0.717) is 24.8 Å². The van der Waals surface area contributed by atoms with Crippen molar-refractivity contribution >= 4 is 17.0 Å². The second kappa shape index (κ2) is 11.3. The number of rotatable bonds is 8. The molecule has 1 atom stereocenters. The minimum Gasteiger partial charge on any atom is -0.408 e. The predicted molar refractivity (Wildman–Crippen MR) is 137 cm³/mol. The van der Waals surface area contributed by atoms with Gasteiger partial charge in [-0.05, 0) is 36.2 Å². The van der Waals surface area contributed by atoms with E-state index in [-0.39, 0.29) is 6.09 Å². The number of amides is 1. The molecule has 1 amide bonds. The number of pyridine rings is 1. The smallest absolute Gasteiger partial charge is 0.408 e. The molecule has 1 unspecified atom stereocenters. The Morgan fingerprint density at radius 1 is 1.12 bits per heavy atom. The SMILES string of the molecule is C=CC(C)CN(C)Cc1ccc(OC(=O)N2CCN(Cc3ccccc3)CC2)c2ncccc12. The van der Waals surface area contributed by atoms with Crippen LogP contribution in [-0.2, 0) is 13.1 Å². The third-order valence-electron chi connectivity index (χ3n) is 6.34. The Balaban J connectivity index is 1.39. The molecule has 0 spiro atoms. The molecule has 6 heteroatoms. The average Bonchev–Trinajstić information content (AvgIpc) is 2.86. The van der Waals surface area contributed by atoms with Gasteiger partial charge in [-0.3, -0.25) is 9.88 Å². The van der Waals surface area contributed by atoms with E-state index >= 15 is 0 Å². The number of hydrogen-bond acceptors (Lipinski definition) is 5. The summed E-state index contributed by atoms with van der Waals surface area (Å²) in [6.45, 7) is 11.6. The fourth-order valence-corrected chi connectivity index (χ4v) is 4.44. The summed E-state index contributed by atoms with van der Waals surface area (Å²) >= 11 is 0. The standard InChI is InChI=1S/C28H34N4O2/c1-4-22(2)19-30(3)21-24-12-13-26(27-25(24)11-8-14-29-27)34-28(33)32-17-15-31(16-18-32)20-23-9-6-5-7-10-23/h4-14,22H,1,15-21H2,2-3H3. The quantitative estimate of drug-likeness (QED) is 0.454. The first kappa shape index (κ1) is 23.9. The first-order valence-corrected chi connectivity index (χ1v) is 11.9. The van der Waals surface area contributed by atoms with Crippen LogP contribution >= 0.6 is 0 Å². The summed E-state index contributed by atoms with van der Waals surface area (Å²) in [5, 5.41) is 1.01. The van der Waals surface area contributed by atoms with Crippen molar-refractivity contribution in [2.75, 3.05) is 39.8 Å². The Bertz CT molecular complexity index is 1110. The molecule has 2 heterocycles. The molecule has 34 heavy (non-hydrogen) atoms. The van der Waals surface area contributed by atoms with E-state index in [0.717, 1.165) is 49.2 Å². The van der Waals surface area contributed by atoms with E-state index in [4.69, 9.17) is 4.74 Å². The van der Waals surface area contributed by atoms with Crippen LogP contribution < -0.4 is 4.74 Å². The lowest BCUT2D eigenvalue weighted by Gasteiger charge is -2.34. The van der Waals surface area contributed by atoms with E-state index < -0.39 is 0 Å². The van der Waals surface area contributed by atoms with Gasteiger partial charge >= 0.3 is 6.09 Å². The number of carbonyl (C=O) groups is 1. The summed E-state index contributed by atoms with van der Waals surface area (Å²) in [6, 6.07) is 18.3. The summed E-state index contributed by atoms with van der Waals surface area (Å²) in [4.78, 5) is 23.9. The maximum atomic E-state index is 12.9. The molecule has 0 saturated carbocycles. The molecule has 0 N–H and O–H groups in total. The monoisotopic (exact) mass is 458 g/mol. The van der Waals surface area contributed by atoms with Gasteiger partial charge in [0.15, 0.2) is 5.75 Å². The highest BCUT2D eigenvalue weighted by molar-refractivity contribution is 5.89. The van der Waals surface area contributed by atoms with Crippen LogP contribution in [0.25, 0.3) is 10.9 Å². The highest BCUT2D eigenvalue weighted by Gasteiger charge is 2.23. The van der Waals surface area contributed by atoms with Crippen molar-refractivity contribution in [3.63, 3.8) is 0 Å². The van der Waals surface area contributed by atoms with Crippen LogP contribution in [0, 0.1) is 5.92 Å². The lowest BCUT2D eigenvalue weighted by Crippen LogP contribution is -2.49. The van der Waals surface area contributed by atoms with E-state index in [1.54, 1.807) is 11.1 Å². The first-order chi connectivity index (χ1) is 16.5. The van der Waals surface area contributed by atoms with Crippen LogP contribution in [0.1, 0.15) is 18.1 Å². The summed E-state index contributed by atoms with van der Waals surface area (Å²) in [5.41, 5.74) is 3.18. The minimum atomic E-state index is -0.309. The first-order valence-electron chi connectivity index (χ1n) is 11.9. The molecule has 2 aromatic carbocycles. The normalized spacial score (nSPS) is 15.4. The molecular formula is C28H34N4O2. The molecular weight excluding hydrogens is 424 g/mol. The fraction of sp³-hybridized carbons (Fsp3) is 0.357. The number of hydrogen-bond donors (Lipinski definition) is 0. The zero-order valence-electron chi connectivity index (χ0n) is 20.2. The molecule has 1 aromatic heterocycles. The maximum absolute atomic E-state index is 12.9. The van der Waals surface area contributed by atoms with Gasteiger partial charge in [0, 0.05) is 57.4 Å². The van der Waals surface area contributed by atoms with Gasteiger partial charge in [-0.1, -0.05) is 55.5 Å². The van der Waals surface area contributed by atoms with Crippen LogP contribution in [0.2, 0.25) is 0 Å². The minimum absolute atomic E-state index is 0.309.